The monoisotopic (exact) mass is 308 g/mol. The third kappa shape index (κ3) is 3.97. The Morgan fingerprint density at radius 2 is 2.00 bits per heavy atom. The van der Waals surface area contributed by atoms with Gasteiger partial charge in [0.1, 0.15) is 6.17 Å². The fraction of sp³-hybridized carbons (Fsp3) is 0.588. The SMILES string of the molecule is CC(C)(C)N(C(=O)O)N1CC[C@@H](Cc2ccccc2)[C@@H](F)C1. The zero-order valence-electron chi connectivity index (χ0n) is 13.5. The molecule has 1 heterocycles. The summed E-state index contributed by atoms with van der Waals surface area (Å²) in [5.41, 5.74) is 0.562. The molecule has 1 aliphatic heterocycles. The predicted molar refractivity (Wildman–Crippen MR) is 84.3 cm³/mol. The van der Waals surface area contributed by atoms with Gasteiger partial charge in [-0.15, -0.1) is 0 Å². The van der Waals surface area contributed by atoms with Crippen molar-refractivity contribution in [1.82, 2.24) is 10.0 Å². The van der Waals surface area contributed by atoms with Crippen molar-refractivity contribution in [1.29, 1.82) is 0 Å². The standard InChI is InChI=1S/C17H25FN2O2/c1-17(2,3)20(16(21)22)19-10-9-14(15(18)12-19)11-13-7-5-4-6-8-13/h4-8,14-15H,9-12H2,1-3H3,(H,21,22)/t14-,15-/m0/s1. The molecule has 1 aromatic carbocycles. The molecule has 2 atom stereocenters. The highest BCUT2D eigenvalue weighted by Crippen LogP contribution is 2.28. The molecule has 0 saturated carbocycles. The number of piperidine rings is 1. The first-order valence-electron chi connectivity index (χ1n) is 7.75. The van der Waals surface area contributed by atoms with E-state index in [-0.39, 0.29) is 12.5 Å². The maximum Gasteiger partial charge on any atom is 0.422 e. The Labute approximate surface area is 131 Å². The molecule has 1 saturated heterocycles. The number of alkyl halides is 1. The van der Waals surface area contributed by atoms with Crippen LogP contribution in [0.2, 0.25) is 0 Å². The van der Waals surface area contributed by atoms with Crippen molar-refractivity contribution >= 4 is 6.09 Å². The minimum absolute atomic E-state index is 0.0470. The van der Waals surface area contributed by atoms with Gasteiger partial charge in [0.25, 0.3) is 0 Å². The van der Waals surface area contributed by atoms with Gasteiger partial charge >= 0.3 is 6.09 Å². The molecule has 0 aromatic heterocycles. The van der Waals surface area contributed by atoms with Crippen LogP contribution in [0.25, 0.3) is 0 Å². The summed E-state index contributed by atoms with van der Waals surface area (Å²) in [5, 5.41) is 12.3. The van der Waals surface area contributed by atoms with Crippen molar-refractivity contribution in [3.05, 3.63) is 35.9 Å². The lowest BCUT2D eigenvalue weighted by molar-refractivity contribution is -0.101. The van der Waals surface area contributed by atoms with Gasteiger partial charge in [-0.3, -0.25) is 0 Å². The van der Waals surface area contributed by atoms with Crippen LogP contribution in [0, 0.1) is 5.92 Å². The predicted octanol–water partition coefficient (Wildman–Crippen LogP) is 3.58. The molecule has 0 unspecified atom stereocenters. The lowest BCUT2D eigenvalue weighted by atomic mass is 9.89. The van der Waals surface area contributed by atoms with Gasteiger partial charge in [0.2, 0.25) is 0 Å². The number of benzene rings is 1. The van der Waals surface area contributed by atoms with Crippen LogP contribution >= 0.6 is 0 Å². The van der Waals surface area contributed by atoms with E-state index in [1.54, 1.807) is 5.01 Å². The first-order chi connectivity index (χ1) is 10.3. The summed E-state index contributed by atoms with van der Waals surface area (Å²) in [7, 11) is 0. The van der Waals surface area contributed by atoms with E-state index in [0.717, 1.165) is 5.56 Å². The Hall–Kier alpha value is -1.62. The summed E-state index contributed by atoms with van der Waals surface area (Å²) >= 11 is 0. The molecule has 5 heteroatoms. The van der Waals surface area contributed by atoms with Gasteiger partial charge in [-0.05, 0) is 45.1 Å². The van der Waals surface area contributed by atoms with Gasteiger partial charge in [-0.1, -0.05) is 30.3 Å². The second kappa shape index (κ2) is 6.65. The zero-order valence-corrected chi connectivity index (χ0v) is 13.5. The Kier molecular flexibility index (Phi) is 5.06. The van der Waals surface area contributed by atoms with E-state index in [4.69, 9.17) is 0 Å². The summed E-state index contributed by atoms with van der Waals surface area (Å²) < 4.78 is 14.5. The fourth-order valence-electron chi connectivity index (χ4n) is 3.10. The number of halogens is 1. The molecule has 1 fully saturated rings. The van der Waals surface area contributed by atoms with E-state index >= 15 is 0 Å². The molecular formula is C17H25FN2O2. The van der Waals surface area contributed by atoms with E-state index < -0.39 is 17.8 Å². The van der Waals surface area contributed by atoms with Gasteiger partial charge in [-0.2, -0.15) is 0 Å². The van der Waals surface area contributed by atoms with E-state index in [2.05, 4.69) is 0 Å². The maximum atomic E-state index is 14.5. The van der Waals surface area contributed by atoms with Crippen molar-refractivity contribution in [3.63, 3.8) is 0 Å². The number of hydrogen-bond acceptors (Lipinski definition) is 2. The first kappa shape index (κ1) is 16.7. The van der Waals surface area contributed by atoms with Crippen molar-refractivity contribution in [2.24, 2.45) is 5.92 Å². The van der Waals surface area contributed by atoms with Gasteiger partial charge < -0.3 is 5.11 Å². The molecule has 0 bridgehead atoms. The highest BCUT2D eigenvalue weighted by molar-refractivity contribution is 5.65. The van der Waals surface area contributed by atoms with Gasteiger partial charge in [0.15, 0.2) is 0 Å². The van der Waals surface area contributed by atoms with Crippen LogP contribution in [0.3, 0.4) is 0 Å². The minimum atomic E-state index is -1.03. The van der Waals surface area contributed by atoms with E-state index in [1.165, 1.54) is 5.01 Å². The molecule has 1 N–H and O–H groups in total. The van der Waals surface area contributed by atoms with E-state index in [9.17, 15) is 14.3 Å². The molecule has 0 aliphatic carbocycles. The third-order valence-electron chi connectivity index (χ3n) is 4.09. The highest BCUT2D eigenvalue weighted by Gasteiger charge is 2.38. The van der Waals surface area contributed by atoms with Crippen molar-refractivity contribution in [2.45, 2.75) is 45.3 Å². The number of carbonyl (C=O) groups is 1. The summed E-state index contributed by atoms with van der Waals surface area (Å²) in [6.07, 6.45) is -0.673. The Balaban J connectivity index is 2.01. The number of hydrazine groups is 1. The summed E-state index contributed by atoms with van der Waals surface area (Å²) in [5.74, 6) is -0.0470. The molecule has 0 spiro atoms. The average molecular weight is 308 g/mol. The van der Waals surface area contributed by atoms with Crippen molar-refractivity contribution in [2.75, 3.05) is 13.1 Å². The van der Waals surface area contributed by atoms with E-state index in [0.29, 0.717) is 19.4 Å². The van der Waals surface area contributed by atoms with Crippen molar-refractivity contribution < 1.29 is 14.3 Å². The smallest absolute Gasteiger partial charge is 0.422 e. The largest absolute Gasteiger partial charge is 0.464 e. The third-order valence-corrected chi connectivity index (χ3v) is 4.09. The van der Waals surface area contributed by atoms with Gasteiger partial charge in [0, 0.05) is 13.1 Å². The van der Waals surface area contributed by atoms with Crippen LogP contribution in [0.1, 0.15) is 32.8 Å². The van der Waals surface area contributed by atoms with Gasteiger partial charge in [0.05, 0.1) is 5.54 Å². The number of amides is 1. The second-order valence-corrected chi connectivity index (χ2v) is 6.93. The van der Waals surface area contributed by atoms with Gasteiger partial charge in [-0.25, -0.2) is 19.2 Å². The number of rotatable bonds is 3. The molecule has 1 amide bonds. The van der Waals surface area contributed by atoms with Crippen LogP contribution < -0.4 is 0 Å². The molecule has 1 aromatic rings. The minimum Gasteiger partial charge on any atom is -0.464 e. The van der Waals surface area contributed by atoms with Crippen LogP contribution in [0.4, 0.5) is 9.18 Å². The Bertz CT molecular complexity index is 501. The molecular weight excluding hydrogens is 283 g/mol. The maximum absolute atomic E-state index is 14.5. The Morgan fingerprint density at radius 1 is 1.36 bits per heavy atom. The average Bonchev–Trinajstić information content (AvgIpc) is 2.41. The lowest BCUT2D eigenvalue weighted by Gasteiger charge is -2.45. The molecule has 4 nitrogen and oxygen atoms in total. The fourth-order valence-corrected chi connectivity index (χ4v) is 3.10. The Morgan fingerprint density at radius 3 is 2.50 bits per heavy atom. The van der Waals surface area contributed by atoms with Crippen LogP contribution in [-0.2, 0) is 6.42 Å². The topological polar surface area (TPSA) is 43.8 Å². The quantitative estimate of drug-likeness (QED) is 0.928. The molecule has 22 heavy (non-hydrogen) atoms. The lowest BCUT2D eigenvalue weighted by Crippen LogP contribution is -2.59. The summed E-state index contributed by atoms with van der Waals surface area (Å²) in [4.78, 5) is 11.5. The molecule has 122 valence electrons. The zero-order chi connectivity index (χ0) is 16.3. The number of carboxylic acid groups (broad SMARTS) is 1. The van der Waals surface area contributed by atoms with Crippen LogP contribution in [0.15, 0.2) is 30.3 Å². The number of nitrogens with zero attached hydrogens (tertiary/aromatic N) is 2. The number of hydrogen-bond donors (Lipinski definition) is 1. The van der Waals surface area contributed by atoms with Crippen LogP contribution in [0.5, 0.6) is 0 Å². The summed E-state index contributed by atoms with van der Waals surface area (Å²) in [6.45, 7) is 6.18. The first-order valence-corrected chi connectivity index (χ1v) is 7.75. The highest BCUT2D eigenvalue weighted by atomic mass is 19.1. The summed E-state index contributed by atoms with van der Waals surface area (Å²) in [6, 6.07) is 9.90. The van der Waals surface area contributed by atoms with Crippen molar-refractivity contribution in [3.8, 4) is 0 Å². The van der Waals surface area contributed by atoms with Crippen LogP contribution in [-0.4, -0.2) is 46.0 Å². The molecule has 0 radical (unpaired) electrons. The van der Waals surface area contributed by atoms with E-state index in [1.807, 2.05) is 51.1 Å². The normalized spacial score (nSPS) is 23.3. The second-order valence-electron chi connectivity index (χ2n) is 6.93. The molecule has 2 rings (SSSR count). The molecule has 1 aliphatic rings.